The van der Waals surface area contributed by atoms with E-state index in [0.29, 0.717) is 22.7 Å². The zero-order chi connectivity index (χ0) is 24.3. The van der Waals surface area contributed by atoms with Crippen LogP contribution in [0.4, 0.5) is 5.69 Å². The summed E-state index contributed by atoms with van der Waals surface area (Å²) < 4.78 is 10.6. The third kappa shape index (κ3) is 6.97. The van der Waals surface area contributed by atoms with Gasteiger partial charge in [-0.15, -0.1) is 0 Å². The monoisotopic (exact) mass is 455 g/mol. The van der Waals surface area contributed by atoms with E-state index in [1.807, 2.05) is 43.3 Å². The second-order valence-corrected chi connectivity index (χ2v) is 7.41. The van der Waals surface area contributed by atoms with Crippen molar-refractivity contribution in [2.24, 2.45) is 0 Å². The molecule has 34 heavy (non-hydrogen) atoms. The van der Waals surface area contributed by atoms with Gasteiger partial charge >= 0.3 is 0 Å². The summed E-state index contributed by atoms with van der Waals surface area (Å²) in [5.74, 6) is 0.438. The van der Waals surface area contributed by atoms with Crippen LogP contribution in [0.25, 0.3) is 6.08 Å². The molecule has 172 valence electrons. The number of carbonyl (C=O) groups excluding carboxylic acids is 2. The number of methoxy groups -OCH3 is 1. The quantitative estimate of drug-likeness (QED) is 0.366. The van der Waals surface area contributed by atoms with Gasteiger partial charge in [0.25, 0.3) is 11.8 Å². The Morgan fingerprint density at radius 2 is 1.62 bits per heavy atom. The molecule has 0 heterocycles. The first kappa shape index (κ1) is 24.1. The van der Waals surface area contributed by atoms with Crippen molar-refractivity contribution in [3.8, 4) is 17.6 Å². The van der Waals surface area contributed by atoms with Gasteiger partial charge in [0, 0.05) is 5.69 Å². The standard InChI is InChI=1S/C27H25N3O4/c1-19(21-6-4-3-5-7-21)29-27(32)22(17-28)16-20-8-12-25(13-9-20)34-18-26(31)30-23-10-14-24(33-2)15-11-23/h3-16,19H,18H2,1-2H3,(H,29,32)(H,30,31)/b22-16+/t19-/m0/s1. The number of amides is 2. The summed E-state index contributed by atoms with van der Waals surface area (Å²) >= 11 is 0. The SMILES string of the molecule is COc1ccc(NC(=O)COc2ccc(/C=C(\C#N)C(=O)N[C@@H](C)c3ccccc3)cc2)cc1. The molecular weight excluding hydrogens is 430 g/mol. The molecule has 0 fully saturated rings. The maximum absolute atomic E-state index is 12.5. The fraction of sp³-hybridized carbons (Fsp3) is 0.148. The predicted octanol–water partition coefficient (Wildman–Crippen LogP) is 4.50. The highest BCUT2D eigenvalue weighted by molar-refractivity contribution is 6.01. The smallest absolute Gasteiger partial charge is 0.262 e. The third-order valence-electron chi connectivity index (χ3n) is 4.95. The Hall–Kier alpha value is -4.57. The van der Waals surface area contributed by atoms with E-state index in [1.165, 1.54) is 6.08 Å². The van der Waals surface area contributed by atoms with Crippen molar-refractivity contribution in [1.29, 1.82) is 5.26 Å². The molecule has 7 nitrogen and oxygen atoms in total. The highest BCUT2D eigenvalue weighted by Gasteiger charge is 2.13. The van der Waals surface area contributed by atoms with Crippen molar-refractivity contribution in [3.63, 3.8) is 0 Å². The van der Waals surface area contributed by atoms with Gasteiger partial charge in [0.2, 0.25) is 0 Å². The summed E-state index contributed by atoms with van der Waals surface area (Å²) in [6, 6.07) is 25.0. The molecule has 0 aliphatic heterocycles. The number of rotatable bonds is 9. The van der Waals surface area contributed by atoms with Crippen molar-refractivity contribution in [1.82, 2.24) is 5.32 Å². The molecule has 0 aromatic heterocycles. The van der Waals surface area contributed by atoms with Gasteiger partial charge in [-0.05, 0) is 60.5 Å². The molecule has 3 rings (SSSR count). The fourth-order valence-electron chi connectivity index (χ4n) is 3.10. The van der Waals surface area contributed by atoms with E-state index < -0.39 is 5.91 Å². The summed E-state index contributed by atoms with van der Waals surface area (Å²) in [5.41, 5.74) is 2.24. The van der Waals surface area contributed by atoms with Crippen molar-refractivity contribution in [2.45, 2.75) is 13.0 Å². The number of carbonyl (C=O) groups is 2. The average Bonchev–Trinajstić information content (AvgIpc) is 2.87. The van der Waals surface area contributed by atoms with Crippen LogP contribution >= 0.6 is 0 Å². The Balaban J connectivity index is 1.54. The molecular formula is C27H25N3O4. The molecule has 0 unspecified atom stereocenters. The topological polar surface area (TPSA) is 100 Å². The van der Waals surface area contributed by atoms with Gasteiger partial charge in [0.05, 0.1) is 13.2 Å². The number of nitrogens with zero attached hydrogens (tertiary/aromatic N) is 1. The van der Waals surface area contributed by atoms with Crippen LogP contribution in [0.3, 0.4) is 0 Å². The van der Waals surface area contributed by atoms with Crippen LogP contribution in [0.2, 0.25) is 0 Å². The first-order valence-corrected chi connectivity index (χ1v) is 10.6. The van der Waals surface area contributed by atoms with E-state index >= 15 is 0 Å². The molecule has 0 radical (unpaired) electrons. The molecule has 0 saturated heterocycles. The number of benzene rings is 3. The van der Waals surface area contributed by atoms with Gasteiger partial charge in [-0.2, -0.15) is 5.26 Å². The second-order valence-electron chi connectivity index (χ2n) is 7.41. The van der Waals surface area contributed by atoms with Crippen molar-refractivity contribution >= 4 is 23.6 Å². The van der Waals surface area contributed by atoms with Gasteiger partial charge in [-0.1, -0.05) is 42.5 Å². The van der Waals surface area contributed by atoms with E-state index in [9.17, 15) is 14.9 Å². The predicted molar refractivity (Wildman–Crippen MR) is 130 cm³/mol. The van der Waals surface area contributed by atoms with Crippen LogP contribution < -0.4 is 20.1 Å². The van der Waals surface area contributed by atoms with Crippen molar-refractivity contribution in [3.05, 3.63) is 95.6 Å². The van der Waals surface area contributed by atoms with Crippen molar-refractivity contribution in [2.75, 3.05) is 19.0 Å². The molecule has 0 saturated carbocycles. The van der Waals surface area contributed by atoms with Gasteiger partial charge in [-0.25, -0.2) is 0 Å². The van der Waals surface area contributed by atoms with Gasteiger partial charge < -0.3 is 20.1 Å². The number of nitrogens with one attached hydrogen (secondary N) is 2. The minimum absolute atomic E-state index is 0.00433. The van der Waals surface area contributed by atoms with Crippen LogP contribution in [-0.2, 0) is 9.59 Å². The number of ether oxygens (including phenoxy) is 2. The number of anilines is 1. The number of hydrogen-bond acceptors (Lipinski definition) is 5. The van der Waals surface area contributed by atoms with Crippen LogP contribution in [0.5, 0.6) is 11.5 Å². The van der Waals surface area contributed by atoms with Crippen molar-refractivity contribution < 1.29 is 19.1 Å². The fourth-order valence-corrected chi connectivity index (χ4v) is 3.10. The van der Waals surface area contributed by atoms with E-state index in [0.717, 1.165) is 5.56 Å². The Morgan fingerprint density at radius 3 is 2.24 bits per heavy atom. The summed E-state index contributed by atoms with van der Waals surface area (Å²) in [7, 11) is 1.57. The van der Waals surface area contributed by atoms with Gasteiger partial charge in [0.15, 0.2) is 6.61 Å². The van der Waals surface area contributed by atoms with Crippen LogP contribution in [0.15, 0.2) is 84.4 Å². The van der Waals surface area contributed by atoms with Gasteiger partial charge in [-0.3, -0.25) is 9.59 Å². The van der Waals surface area contributed by atoms with Crippen LogP contribution in [0.1, 0.15) is 24.1 Å². The van der Waals surface area contributed by atoms with E-state index in [1.54, 1.807) is 55.6 Å². The molecule has 3 aromatic rings. The second kappa shape index (κ2) is 11.9. The van der Waals surface area contributed by atoms with Crippen LogP contribution in [0, 0.1) is 11.3 Å². The number of nitriles is 1. The normalized spacial score (nSPS) is 11.6. The lowest BCUT2D eigenvalue weighted by molar-refractivity contribution is -0.118. The Bertz CT molecular complexity index is 1180. The molecule has 0 bridgehead atoms. The van der Waals surface area contributed by atoms with E-state index in [2.05, 4.69) is 10.6 Å². The zero-order valence-electron chi connectivity index (χ0n) is 18.9. The molecule has 1 atom stereocenters. The molecule has 3 aromatic carbocycles. The maximum atomic E-state index is 12.5. The first-order chi connectivity index (χ1) is 16.5. The minimum atomic E-state index is -0.450. The zero-order valence-corrected chi connectivity index (χ0v) is 18.9. The highest BCUT2D eigenvalue weighted by Crippen LogP contribution is 2.17. The van der Waals surface area contributed by atoms with E-state index in [4.69, 9.17) is 9.47 Å². The van der Waals surface area contributed by atoms with E-state index in [-0.39, 0.29) is 24.1 Å². The third-order valence-corrected chi connectivity index (χ3v) is 4.95. The molecule has 2 amide bonds. The Kier molecular flexibility index (Phi) is 8.42. The molecule has 0 aliphatic carbocycles. The summed E-state index contributed by atoms with van der Waals surface area (Å²) in [6.45, 7) is 1.70. The summed E-state index contributed by atoms with van der Waals surface area (Å²) in [6.07, 6.45) is 1.51. The largest absolute Gasteiger partial charge is 0.497 e. The molecule has 2 N–H and O–H groups in total. The first-order valence-electron chi connectivity index (χ1n) is 10.6. The number of hydrogen-bond donors (Lipinski definition) is 2. The minimum Gasteiger partial charge on any atom is -0.497 e. The lowest BCUT2D eigenvalue weighted by atomic mass is 10.1. The van der Waals surface area contributed by atoms with Gasteiger partial charge in [0.1, 0.15) is 23.1 Å². The molecule has 0 aliphatic rings. The van der Waals surface area contributed by atoms with Crippen LogP contribution in [-0.4, -0.2) is 25.5 Å². The lowest BCUT2D eigenvalue weighted by Crippen LogP contribution is -2.27. The summed E-state index contributed by atoms with van der Waals surface area (Å²) in [4.78, 5) is 24.6. The lowest BCUT2D eigenvalue weighted by Gasteiger charge is -2.13. The Labute approximate surface area is 198 Å². The highest BCUT2D eigenvalue weighted by atomic mass is 16.5. The summed E-state index contributed by atoms with van der Waals surface area (Å²) in [5, 5.41) is 15.0. The Morgan fingerprint density at radius 1 is 0.971 bits per heavy atom. The molecule has 0 spiro atoms. The average molecular weight is 456 g/mol. The maximum Gasteiger partial charge on any atom is 0.262 e. The molecule has 7 heteroatoms.